The monoisotopic (exact) mass is 363 g/mol. The number of H-pyrrole nitrogens is 1. The van der Waals surface area contributed by atoms with Crippen LogP contribution in [0.5, 0.6) is 0 Å². The van der Waals surface area contributed by atoms with Gasteiger partial charge < -0.3 is 18.7 Å². The van der Waals surface area contributed by atoms with E-state index in [0.29, 0.717) is 6.42 Å². The van der Waals surface area contributed by atoms with Gasteiger partial charge in [-0.05, 0) is 25.2 Å². The summed E-state index contributed by atoms with van der Waals surface area (Å²) in [6.45, 7) is -1.68. The van der Waals surface area contributed by atoms with E-state index in [0.717, 1.165) is 4.57 Å². The zero-order chi connectivity index (χ0) is 17.0. The maximum Gasteiger partial charge on any atom is 0.330 e. The zero-order valence-electron chi connectivity index (χ0n) is 12.6. The van der Waals surface area contributed by atoms with Crippen molar-refractivity contribution in [2.24, 2.45) is 4.99 Å². The van der Waals surface area contributed by atoms with Gasteiger partial charge in [0.25, 0.3) is 5.56 Å². The quantitative estimate of drug-likeness (QED) is 0.601. The van der Waals surface area contributed by atoms with Crippen molar-refractivity contribution in [3.8, 4) is 0 Å². The normalized spacial score (nSPS) is 21.6. The van der Waals surface area contributed by atoms with Gasteiger partial charge in [-0.1, -0.05) is 0 Å². The molecule has 2 rings (SSSR count). The largest absolute Gasteiger partial charge is 0.358 e. The molecule has 1 aliphatic rings. The summed E-state index contributed by atoms with van der Waals surface area (Å²) in [7, 11) is 1.37. The van der Waals surface area contributed by atoms with Crippen LogP contribution in [-0.2, 0) is 25.6 Å². The first-order valence-electron chi connectivity index (χ1n) is 6.85. The third-order valence-corrected chi connectivity index (χ3v) is 4.78. The van der Waals surface area contributed by atoms with Crippen LogP contribution in [0.3, 0.4) is 0 Å². The maximum absolute atomic E-state index is 11.8. The molecule has 0 radical (unpaired) electrons. The second-order valence-corrected chi connectivity index (χ2v) is 7.70. The van der Waals surface area contributed by atoms with Crippen LogP contribution in [0.2, 0.25) is 0 Å². The Hall–Kier alpha value is -1.16. The van der Waals surface area contributed by atoms with Gasteiger partial charge in [0.2, 0.25) is 0 Å². The Balaban J connectivity index is 2.00. The Morgan fingerprint density at radius 2 is 2.26 bits per heavy atom. The fourth-order valence-corrected chi connectivity index (χ4v) is 3.50. The maximum atomic E-state index is 11.8. The van der Waals surface area contributed by atoms with Crippen LogP contribution in [0.15, 0.2) is 26.8 Å². The third-order valence-electron chi connectivity index (χ3n) is 3.10. The summed E-state index contributed by atoms with van der Waals surface area (Å²) in [5.41, 5.74) is -1.18. The van der Waals surface area contributed by atoms with Crippen LogP contribution in [0.25, 0.3) is 0 Å². The summed E-state index contributed by atoms with van der Waals surface area (Å²) in [5, 5.41) is 0. The summed E-state index contributed by atoms with van der Waals surface area (Å²) in [6.07, 6.45) is 2.02. The number of hydrogen-bond acceptors (Lipinski definition) is 7. The van der Waals surface area contributed by atoms with Gasteiger partial charge in [0.1, 0.15) is 6.10 Å². The van der Waals surface area contributed by atoms with Crippen molar-refractivity contribution in [1.82, 2.24) is 9.55 Å². The Kier molecular flexibility index (Phi) is 6.01. The molecule has 2 heterocycles. The SMILES string of the molecule is CO[C@H](C(C)OP(O)(=S)OCCC1C=N1)n1ccc(=O)[nH]c1=O. The van der Waals surface area contributed by atoms with Crippen LogP contribution in [0.4, 0.5) is 0 Å². The van der Waals surface area contributed by atoms with Crippen molar-refractivity contribution in [2.45, 2.75) is 31.7 Å². The van der Waals surface area contributed by atoms with Gasteiger partial charge in [0.15, 0.2) is 6.23 Å². The Morgan fingerprint density at radius 3 is 2.83 bits per heavy atom. The summed E-state index contributed by atoms with van der Waals surface area (Å²) in [4.78, 5) is 39.0. The average Bonchev–Trinajstić information content (AvgIpc) is 3.25. The molecule has 1 aromatic rings. The predicted molar refractivity (Wildman–Crippen MR) is 87.3 cm³/mol. The van der Waals surface area contributed by atoms with Crippen LogP contribution in [0.1, 0.15) is 19.6 Å². The first kappa shape index (κ1) is 18.2. The average molecular weight is 363 g/mol. The van der Waals surface area contributed by atoms with E-state index in [1.165, 1.54) is 19.4 Å². The van der Waals surface area contributed by atoms with Crippen molar-refractivity contribution in [1.29, 1.82) is 0 Å². The van der Waals surface area contributed by atoms with Gasteiger partial charge in [-0.15, -0.1) is 0 Å². The summed E-state index contributed by atoms with van der Waals surface area (Å²) in [6, 6.07) is 1.34. The number of methoxy groups -OCH3 is 1. The van der Waals surface area contributed by atoms with E-state index in [4.69, 9.17) is 25.6 Å². The number of aromatic amines is 1. The zero-order valence-corrected chi connectivity index (χ0v) is 14.3. The van der Waals surface area contributed by atoms with E-state index < -0.39 is 30.3 Å². The van der Waals surface area contributed by atoms with Crippen molar-refractivity contribution in [2.75, 3.05) is 13.7 Å². The highest BCUT2D eigenvalue weighted by molar-refractivity contribution is 8.07. The molecule has 0 aliphatic carbocycles. The van der Waals surface area contributed by atoms with E-state index in [1.54, 1.807) is 13.1 Å². The lowest BCUT2D eigenvalue weighted by Crippen LogP contribution is -2.37. The molecule has 3 unspecified atom stereocenters. The molecular weight excluding hydrogens is 345 g/mol. The Bertz CT molecular complexity index is 726. The van der Waals surface area contributed by atoms with Crippen LogP contribution in [-0.4, -0.2) is 46.5 Å². The first-order valence-corrected chi connectivity index (χ1v) is 9.45. The van der Waals surface area contributed by atoms with E-state index in [9.17, 15) is 14.5 Å². The molecule has 1 aliphatic heterocycles. The molecule has 128 valence electrons. The summed E-state index contributed by atoms with van der Waals surface area (Å²) >= 11 is 4.94. The molecule has 11 heteroatoms. The second kappa shape index (κ2) is 7.61. The van der Waals surface area contributed by atoms with E-state index in [1.807, 2.05) is 0 Å². The first-order chi connectivity index (χ1) is 10.8. The minimum atomic E-state index is -3.48. The molecule has 0 aromatic carbocycles. The molecule has 23 heavy (non-hydrogen) atoms. The number of aromatic nitrogens is 2. The minimum Gasteiger partial charge on any atom is -0.358 e. The molecule has 0 amide bonds. The molecule has 9 nitrogen and oxygen atoms in total. The number of nitrogens with one attached hydrogen (secondary N) is 1. The van der Waals surface area contributed by atoms with Gasteiger partial charge in [-0.25, -0.2) is 4.79 Å². The number of nitrogens with zero attached hydrogens (tertiary/aromatic N) is 2. The fourth-order valence-electron chi connectivity index (χ4n) is 1.95. The van der Waals surface area contributed by atoms with Gasteiger partial charge in [-0.2, -0.15) is 0 Å². The molecule has 2 N–H and O–H groups in total. The minimum absolute atomic E-state index is 0.161. The predicted octanol–water partition coefficient (Wildman–Crippen LogP) is 0.163. The van der Waals surface area contributed by atoms with Crippen LogP contribution in [0, 0.1) is 0 Å². The number of hydrogen-bond donors (Lipinski definition) is 2. The number of rotatable bonds is 9. The van der Waals surface area contributed by atoms with Gasteiger partial charge in [0, 0.05) is 25.6 Å². The number of aliphatic imine (C=N–C) groups is 1. The third kappa shape index (κ3) is 5.45. The lowest BCUT2D eigenvalue weighted by atomic mass is 10.3. The second-order valence-electron chi connectivity index (χ2n) is 4.91. The standard InChI is InChI=1S/C12H18N3O6PS/c1-8(21-22(18,23)20-6-4-9-7-13-9)11(19-2)15-5-3-10(16)14-12(15)17/h3,5,7-9,11H,4,6H2,1-2H3,(H,18,23)(H,14,16,17)/t8?,9?,11-,22?/m1/s1. The van der Waals surface area contributed by atoms with Crippen LogP contribution < -0.4 is 11.2 Å². The highest BCUT2D eigenvalue weighted by Gasteiger charge is 2.28. The molecule has 0 spiro atoms. The Morgan fingerprint density at radius 1 is 1.57 bits per heavy atom. The molecule has 0 fully saturated rings. The molecular formula is C12H18N3O6PS. The van der Waals surface area contributed by atoms with E-state index in [2.05, 4.69) is 9.98 Å². The smallest absolute Gasteiger partial charge is 0.330 e. The van der Waals surface area contributed by atoms with Gasteiger partial charge >= 0.3 is 12.4 Å². The summed E-state index contributed by atoms with van der Waals surface area (Å²) < 4.78 is 16.9. The molecule has 1 aromatic heterocycles. The van der Waals surface area contributed by atoms with E-state index in [-0.39, 0.29) is 12.6 Å². The van der Waals surface area contributed by atoms with E-state index >= 15 is 0 Å². The number of ether oxygens (including phenoxy) is 1. The summed E-state index contributed by atoms with van der Waals surface area (Å²) in [5.74, 6) is 0. The fraction of sp³-hybridized carbons (Fsp3) is 0.583. The molecule has 4 atom stereocenters. The highest BCUT2D eigenvalue weighted by Crippen LogP contribution is 2.46. The highest BCUT2D eigenvalue weighted by atomic mass is 32.5. The molecule has 0 bridgehead atoms. The Labute approximate surface area is 137 Å². The topological polar surface area (TPSA) is 115 Å². The van der Waals surface area contributed by atoms with Crippen molar-refractivity contribution in [3.63, 3.8) is 0 Å². The lowest BCUT2D eigenvalue weighted by Gasteiger charge is -2.27. The lowest BCUT2D eigenvalue weighted by molar-refractivity contribution is -0.0470. The molecule has 0 saturated carbocycles. The van der Waals surface area contributed by atoms with Crippen molar-refractivity contribution < 1.29 is 18.7 Å². The molecule has 0 saturated heterocycles. The van der Waals surface area contributed by atoms with Gasteiger partial charge in [0.05, 0.1) is 12.6 Å². The van der Waals surface area contributed by atoms with Gasteiger partial charge in [-0.3, -0.25) is 19.3 Å². The van der Waals surface area contributed by atoms with Crippen molar-refractivity contribution in [3.05, 3.63) is 33.1 Å². The van der Waals surface area contributed by atoms with Crippen LogP contribution >= 0.6 is 6.72 Å². The van der Waals surface area contributed by atoms with Crippen molar-refractivity contribution >= 4 is 24.7 Å².